The summed E-state index contributed by atoms with van der Waals surface area (Å²) in [6, 6.07) is 5.18. The van der Waals surface area contributed by atoms with Crippen LogP contribution in [0.1, 0.15) is 30.9 Å². The number of benzene rings is 1. The molecule has 1 aliphatic rings. The van der Waals surface area contributed by atoms with Crippen molar-refractivity contribution in [3.63, 3.8) is 0 Å². The quantitative estimate of drug-likeness (QED) is 0.647. The molecule has 1 atom stereocenters. The van der Waals surface area contributed by atoms with Crippen molar-refractivity contribution in [1.29, 1.82) is 0 Å². The average molecular weight is 320 g/mol. The van der Waals surface area contributed by atoms with Crippen molar-refractivity contribution in [3.05, 3.63) is 35.1 Å². The minimum atomic E-state index is -0.160. The van der Waals surface area contributed by atoms with Gasteiger partial charge in [-0.2, -0.15) is 0 Å². The first-order valence-electron chi connectivity index (χ1n) is 8.50. The summed E-state index contributed by atoms with van der Waals surface area (Å²) in [5.74, 6) is 1.44. The highest BCUT2D eigenvalue weighted by molar-refractivity contribution is 5.79. The molecule has 1 saturated heterocycles. The summed E-state index contributed by atoms with van der Waals surface area (Å²) in [6.07, 6.45) is 2.66. The van der Waals surface area contributed by atoms with Crippen LogP contribution in [0.5, 0.6) is 0 Å². The molecule has 23 heavy (non-hydrogen) atoms. The van der Waals surface area contributed by atoms with Crippen LogP contribution in [-0.4, -0.2) is 44.1 Å². The van der Waals surface area contributed by atoms with Crippen LogP contribution in [-0.2, 0) is 6.54 Å². The second kappa shape index (κ2) is 8.87. The normalized spacial score (nSPS) is 19.7. The van der Waals surface area contributed by atoms with Crippen molar-refractivity contribution < 1.29 is 4.39 Å². The van der Waals surface area contributed by atoms with Gasteiger partial charge in [0.15, 0.2) is 5.96 Å². The molecule has 0 saturated carbocycles. The van der Waals surface area contributed by atoms with E-state index in [1.165, 1.54) is 32.0 Å². The van der Waals surface area contributed by atoms with Crippen LogP contribution >= 0.6 is 0 Å². The maximum absolute atomic E-state index is 13.3. The van der Waals surface area contributed by atoms with Gasteiger partial charge in [-0.3, -0.25) is 4.99 Å². The highest BCUT2D eigenvalue weighted by Crippen LogP contribution is 2.14. The smallest absolute Gasteiger partial charge is 0.191 e. The van der Waals surface area contributed by atoms with Gasteiger partial charge < -0.3 is 15.5 Å². The standard InChI is InChI=1S/C18H29FN4/c1-14-5-4-9-23(13-14)10-8-21-18(20-3)22-12-16-6-7-17(19)15(2)11-16/h6-7,11,14H,4-5,8-10,12-13H2,1-3H3,(H2,20,21,22). The van der Waals surface area contributed by atoms with E-state index < -0.39 is 0 Å². The van der Waals surface area contributed by atoms with E-state index in [4.69, 9.17) is 0 Å². The molecule has 0 amide bonds. The second-order valence-electron chi connectivity index (χ2n) is 6.48. The zero-order chi connectivity index (χ0) is 16.7. The van der Waals surface area contributed by atoms with Crippen molar-refractivity contribution in [2.24, 2.45) is 10.9 Å². The molecule has 1 aromatic carbocycles. The van der Waals surface area contributed by atoms with Crippen LogP contribution in [0.2, 0.25) is 0 Å². The first-order chi connectivity index (χ1) is 11.1. The Bertz CT molecular complexity index is 530. The summed E-state index contributed by atoms with van der Waals surface area (Å²) in [7, 11) is 1.77. The van der Waals surface area contributed by atoms with Gasteiger partial charge in [-0.1, -0.05) is 19.1 Å². The molecule has 0 radical (unpaired) electrons. The second-order valence-corrected chi connectivity index (χ2v) is 6.48. The molecule has 1 aromatic rings. The van der Waals surface area contributed by atoms with Crippen LogP contribution < -0.4 is 10.6 Å². The van der Waals surface area contributed by atoms with Gasteiger partial charge in [-0.25, -0.2) is 4.39 Å². The molecule has 4 nitrogen and oxygen atoms in total. The Labute approximate surface area is 139 Å². The number of halogens is 1. The molecule has 1 fully saturated rings. The zero-order valence-corrected chi connectivity index (χ0v) is 14.5. The Hall–Kier alpha value is -1.62. The SMILES string of the molecule is CN=C(NCCN1CCCC(C)C1)NCc1ccc(F)c(C)c1. The van der Waals surface area contributed by atoms with Gasteiger partial charge in [0.25, 0.3) is 0 Å². The predicted octanol–water partition coefficient (Wildman–Crippen LogP) is 2.53. The minimum Gasteiger partial charge on any atom is -0.355 e. The monoisotopic (exact) mass is 320 g/mol. The largest absolute Gasteiger partial charge is 0.355 e. The van der Waals surface area contributed by atoms with E-state index in [1.807, 2.05) is 6.07 Å². The Morgan fingerprint density at radius 2 is 2.22 bits per heavy atom. The number of guanidine groups is 1. The molecule has 128 valence electrons. The maximum atomic E-state index is 13.3. The van der Waals surface area contributed by atoms with Crippen LogP contribution in [0.3, 0.4) is 0 Å². The molecular weight excluding hydrogens is 291 g/mol. The lowest BCUT2D eigenvalue weighted by Gasteiger charge is -2.30. The highest BCUT2D eigenvalue weighted by atomic mass is 19.1. The number of hydrogen-bond donors (Lipinski definition) is 2. The average Bonchev–Trinajstić information content (AvgIpc) is 2.54. The summed E-state index contributed by atoms with van der Waals surface area (Å²) in [5.41, 5.74) is 1.73. The summed E-state index contributed by atoms with van der Waals surface area (Å²) < 4.78 is 13.3. The van der Waals surface area contributed by atoms with Gasteiger partial charge in [0, 0.05) is 33.2 Å². The third kappa shape index (κ3) is 5.82. The Morgan fingerprint density at radius 3 is 2.91 bits per heavy atom. The van der Waals surface area contributed by atoms with Crippen molar-refractivity contribution in [3.8, 4) is 0 Å². The third-order valence-electron chi connectivity index (χ3n) is 4.37. The summed E-state index contributed by atoms with van der Waals surface area (Å²) in [5, 5.41) is 6.63. The first kappa shape index (κ1) is 17.7. The number of nitrogens with one attached hydrogen (secondary N) is 2. The third-order valence-corrected chi connectivity index (χ3v) is 4.37. The van der Waals surface area contributed by atoms with Crippen molar-refractivity contribution in [2.75, 3.05) is 33.2 Å². The lowest BCUT2D eigenvalue weighted by molar-refractivity contribution is 0.187. The molecule has 0 spiro atoms. The molecule has 1 heterocycles. The molecule has 0 bridgehead atoms. The van der Waals surface area contributed by atoms with Gasteiger partial charge in [0.2, 0.25) is 0 Å². The minimum absolute atomic E-state index is 0.160. The van der Waals surface area contributed by atoms with Crippen molar-refractivity contribution >= 4 is 5.96 Å². The lowest BCUT2D eigenvalue weighted by atomic mass is 10.0. The first-order valence-corrected chi connectivity index (χ1v) is 8.50. The molecule has 5 heteroatoms. The van der Waals surface area contributed by atoms with E-state index >= 15 is 0 Å². The molecule has 1 unspecified atom stereocenters. The van der Waals surface area contributed by atoms with Crippen molar-refractivity contribution in [2.45, 2.75) is 33.2 Å². The van der Waals surface area contributed by atoms with Gasteiger partial charge in [-0.15, -0.1) is 0 Å². The zero-order valence-electron chi connectivity index (χ0n) is 14.5. The van der Waals surface area contributed by atoms with Crippen molar-refractivity contribution in [1.82, 2.24) is 15.5 Å². The fourth-order valence-electron chi connectivity index (χ4n) is 3.05. The summed E-state index contributed by atoms with van der Waals surface area (Å²) >= 11 is 0. The number of likely N-dealkylation sites (tertiary alicyclic amines) is 1. The Kier molecular flexibility index (Phi) is 6.84. The molecule has 0 aliphatic carbocycles. The van der Waals surface area contributed by atoms with Gasteiger partial charge >= 0.3 is 0 Å². The highest BCUT2D eigenvalue weighted by Gasteiger charge is 2.15. The lowest BCUT2D eigenvalue weighted by Crippen LogP contribution is -2.43. The fraction of sp³-hybridized carbons (Fsp3) is 0.611. The molecule has 0 aromatic heterocycles. The van der Waals surface area contributed by atoms with E-state index in [0.717, 1.165) is 30.5 Å². The Morgan fingerprint density at radius 1 is 1.39 bits per heavy atom. The maximum Gasteiger partial charge on any atom is 0.191 e. The Balaban J connectivity index is 1.71. The van der Waals surface area contributed by atoms with Gasteiger partial charge in [0.1, 0.15) is 5.82 Å². The number of aliphatic imine (C=N–C) groups is 1. The van der Waals surface area contributed by atoms with Crippen LogP contribution in [0.25, 0.3) is 0 Å². The molecule has 2 rings (SSSR count). The van der Waals surface area contributed by atoms with Gasteiger partial charge in [-0.05, 0) is 49.4 Å². The summed E-state index contributed by atoms with van der Waals surface area (Å²) in [4.78, 5) is 6.75. The molecular formula is C18H29FN4. The van der Waals surface area contributed by atoms with Crippen LogP contribution in [0.4, 0.5) is 4.39 Å². The number of nitrogens with zero attached hydrogens (tertiary/aromatic N) is 2. The predicted molar refractivity (Wildman–Crippen MR) is 94.2 cm³/mol. The number of piperidine rings is 1. The van der Waals surface area contributed by atoms with Crippen LogP contribution in [0.15, 0.2) is 23.2 Å². The fourth-order valence-corrected chi connectivity index (χ4v) is 3.05. The van der Waals surface area contributed by atoms with E-state index in [2.05, 4.69) is 27.4 Å². The topological polar surface area (TPSA) is 39.7 Å². The number of hydrogen-bond acceptors (Lipinski definition) is 2. The van der Waals surface area contributed by atoms with E-state index in [0.29, 0.717) is 12.1 Å². The van der Waals surface area contributed by atoms with Crippen LogP contribution in [0, 0.1) is 18.7 Å². The number of rotatable bonds is 5. The molecule has 2 N–H and O–H groups in total. The molecule has 1 aliphatic heterocycles. The van der Waals surface area contributed by atoms with E-state index in [1.54, 1.807) is 20.0 Å². The van der Waals surface area contributed by atoms with E-state index in [9.17, 15) is 4.39 Å². The number of aryl methyl sites for hydroxylation is 1. The van der Waals surface area contributed by atoms with Gasteiger partial charge in [0.05, 0.1) is 0 Å². The van der Waals surface area contributed by atoms with E-state index in [-0.39, 0.29) is 5.82 Å². The summed E-state index contributed by atoms with van der Waals surface area (Å²) in [6.45, 7) is 9.07.